The molecule has 0 N–H and O–H groups in total. The van der Waals surface area contributed by atoms with Gasteiger partial charge in [0.15, 0.2) is 5.82 Å². The van der Waals surface area contributed by atoms with Gasteiger partial charge in [0.05, 0.1) is 5.41 Å². The minimum atomic E-state index is -0.337. The van der Waals surface area contributed by atoms with Gasteiger partial charge in [0.1, 0.15) is 0 Å². The number of likely N-dealkylation sites (tertiary alicyclic amines) is 1. The summed E-state index contributed by atoms with van der Waals surface area (Å²) in [5, 5.41) is 4.17. The predicted octanol–water partition coefficient (Wildman–Crippen LogP) is 5.17. The normalized spacial score (nSPS) is 20.3. The van der Waals surface area contributed by atoms with Crippen LogP contribution in [0.15, 0.2) is 65.2 Å². The second-order valence-electron chi connectivity index (χ2n) is 8.87. The molecule has 1 aromatic heterocycles. The molecule has 1 amide bonds. The Morgan fingerprint density at radius 3 is 2.45 bits per heavy atom. The Balaban J connectivity index is 1.29. The average Bonchev–Trinajstić information content (AvgIpc) is 3.60. The van der Waals surface area contributed by atoms with Gasteiger partial charge in [0, 0.05) is 24.6 Å². The van der Waals surface area contributed by atoms with Crippen molar-refractivity contribution in [2.45, 2.75) is 62.8 Å². The smallest absolute Gasteiger partial charge is 0.257 e. The minimum Gasteiger partial charge on any atom is -0.339 e. The topological polar surface area (TPSA) is 59.2 Å². The summed E-state index contributed by atoms with van der Waals surface area (Å²) in [6.07, 6.45) is 7.92. The van der Waals surface area contributed by atoms with Gasteiger partial charge >= 0.3 is 0 Å². The van der Waals surface area contributed by atoms with Gasteiger partial charge in [-0.1, -0.05) is 66.5 Å². The fourth-order valence-corrected chi connectivity index (χ4v) is 5.39. The van der Waals surface area contributed by atoms with Crippen LogP contribution in [0.2, 0.25) is 0 Å². The molecule has 1 saturated carbocycles. The van der Waals surface area contributed by atoms with Gasteiger partial charge in [-0.25, -0.2) is 0 Å². The molecule has 2 aliphatic rings. The summed E-state index contributed by atoms with van der Waals surface area (Å²) in [5.41, 5.74) is 1.79. The van der Waals surface area contributed by atoms with E-state index in [0.29, 0.717) is 11.8 Å². The largest absolute Gasteiger partial charge is 0.339 e. The second-order valence-corrected chi connectivity index (χ2v) is 8.87. The third kappa shape index (κ3) is 3.89. The molecule has 2 heterocycles. The monoisotopic (exact) mass is 415 g/mol. The van der Waals surface area contributed by atoms with E-state index in [0.717, 1.165) is 69.3 Å². The van der Waals surface area contributed by atoms with Gasteiger partial charge in [0.2, 0.25) is 5.91 Å². The molecule has 5 nitrogen and oxygen atoms in total. The Kier molecular flexibility index (Phi) is 5.58. The van der Waals surface area contributed by atoms with Gasteiger partial charge in [-0.05, 0) is 49.8 Å². The molecule has 5 heteroatoms. The number of carbonyl (C=O) groups excluding carboxylic acids is 1. The lowest BCUT2D eigenvalue weighted by molar-refractivity contribution is -0.138. The molecule has 31 heavy (non-hydrogen) atoms. The number of rotatable bonds is 6. The van der Waals surface area contributed by atoms with Crippen molar-refractivity contribution in [3.8, 4) is 11.5 Å². The molecule has 0 radical (unpaired) electrons. The van der Waals surface area contributed by atoms with E-state index in [1.165, 1.54) is 5.56 Å². The SMILES string of the molecule is O=C(N1CCCC1CCc1noc(-c2ccccc2)n1)C1(c2ccccc2)CCCC1. The van der Waals surface area contributed by atoms with Crippen molar-refractivity contribution >= 4 is 5.91 Å². The van der Waals surface area contributed by atoms with Crippen LogP contribution in [0, 0.1) is 0 Å². The standard InChI is InChI=1S/C26H29N3O2/c30-25(26(17-7-8-18-26)21-12-5-2-6-13-21)29-19-9-14-22(29)15-16-23-27-24(31-28-23)20-10-3-1-4-11-20/h1-6,10-13,22H,7-9,14-19H2. The maximum Gasteiger partial charge on any atom is 0.257 e. The molecule has 1 unspecified atom stereocenters. The zero-order valence-corrected chi connectivity index (χ0v) is 17.9. The molecule has 1 saturated heterocycles. The lowest BCUT2D eigenvalue weighted by atomic mass is 9.77. The van der Waals surface area contributed by atoms with Crippen LogP contribution in [0.1, 0.15) is 56.3 Å². The Morgan fingerprint density at radius 2 is 1.71 bits per heavy atom. The lowest BCUT2D eigenvalue weighted by Crippen LogP contribution is -2.47. The van der Waals surface area contributed by atoms with Crippen molar-refractivity contribution in [1.82, 2.24) is 15.0 Å². The zero-order chi connectivity index (χ0) is 21.1. The Hall–Kier alpha value is -2.95. The Morgan fingerprint density at radius 1 is 1.00 bits per heavy atom. The molecule has 160 valence electrons. The number of amides is 1. The third-order valence-electron chi connectivity index (χ3n) is 7.02. The van der Waals surface area contributed by atoms with Crippen LogP contribution < -0.4 is 0 Å². The van der Waals surface area contributed by atoms with Crippen LogP contribution in [-0.4, -0.2) is 33.5 Å². The first-order valence-electron chi connectivity index (χ1n) is 11.5. The summed E-state index contributed by atoms with van der Waals surface area (Å²) in [5.74, 6) is 1.61. The zero-order valence-electron chi connectivity index (χ0n) is 17.9. The van der Waals surface area contributed by atoms with Crippen molar-refractivity contribution in [3.63, 3.8) is 0 Å². The molecule has 0 spiro atoms. The van der Waals surface area contributed by atoms with Crippen LogP contribution in [-0.2, 0) is 16.6 Å². The predicted molar refractivity (Wildman–Crippen MR) is 119 cm³/mol. The van der Waals surface area contributed by atoms with E-state index in [9.17, 15) is 4.79 Å². The van der Waals surface area contributed by atoms with Crippen molar-refractivity contribution in [2.24, 2.45) is 0 Å². The highest BCUT2D eigenvalue weighted by Crippen LogP contribution is 2.44. The average molecular weight is 416 g/mol. The molecule has 0 bridgehead atoms. The van der Waals surface area contributed by atoms with Gasteiger partial charge in [-0.2, -0.15) is 4.98 Å². The van der Waals surface area contributed by atoms with E-state index >= 15 is 0 Å². The molecule has 3 aromatic rings. The third-order valence-corrected chi connectivity index (χ3v) is 7.02. The Labute approximate surface area is 183 Å². The van der Waals surface area contributed by atoms with E-state index in [4.69, 9.17) is 4.52 Å². The first-order valence-corrected chi connectivity index (χ1v) is 11.5. The summed E-state index contributed by atoms with van der Waals surface area (Å²) in [4.78, 5) is 20.6. The second kappa shape index (κ2) is 8.66. The van der Waals surface area contributed by atoms with Crippen LogP contribution in [0.3, 0.4) is 0 Å². The number of benzene rings is 2. The minimum absolute atomic E-state index is 0.257. The summed E-state index contributed by atoms with van der Waals surface area (Å²) < 4.78 is 5.45. The van der Waals surface area contributed by atoms with Crippen molar-refractivity contribution in [3.05, 3.63) is 72.1 Å². The van der Waals surface area contributed by atoms with Gasteiger partial charge in [-0.3, -0.25) is 4.79 Å². The van der Waals surface area contributed by atoms with E-state index in [1.54, 1.807) is 0 Å². The number of hydrogen-bond donors (Lipinski definition) is 0. The maximum atomic E-state index is 13.9. The molecular formula is C26H29N3O2. The first kappa shape index (κ1) is 20.0. The van der Waals surface area contributed by atoms with Crippen LogP contribution in [0.25, 0.3) is 11.5 Å². The number of aryl methyl sites for hydroxylation is 1. The fraction of sp³-hybridized carbons (Fsp3) is 0.423. The summed E-state index contributed by atoms with van der Waals surface area (Å²) in [6.45, 7) is 0.861. The number of aromatic nitrogens is 2. The number of hydrogen-bond acceptors (Lipinski definition) is 4. The van der Waals surface area contributed by atoms with Crippen LogP contribution in [0.5, 0.6) is 0 Å². The van der Waals surface area contributed by atoms with E-state index < -0.39 is 0 Å². The van der Waals surface area contributed by atoms with Gasteiger partial charge < -0.3 is 9.42 Å². The summed E-state index contributed by atoms with van der Waals surface area (Å²) >= 11 is 0. The van der Waals surface area contributed by atoms with Gasteiger partial charge in [-0.15, -0.1) is 0 Å². The molecular weight excluding hydrogens is 386 g/mol. The fourth-order valence-electron chi connectivity index (χ4n) is 5.39. The molecule has 1 aliphatic carbocycles. The first-order chi connectivity index (χ1) is 15.3. The quantitative estimate of drug-likeness (QED) is 0.557. The maximum absolute atomic E-state index is 13.9. The van der Waals surface area contributed by atoms with Crippen molar-refractivity contribution < 1.29 is 9.32 Å². The summed E-state index contributed by atoms with van der Waals surface area (Å²) in [6, 6.07) is 20.5. The van der Waals surface area contributed by atoms with Gasteiger partial charge in [0.25, 0.3) is 5.89 Å². The molecule has 2 aromatic carbocycles. The van der Waals surface area contributed by atoms with E-state index in [1.807, 2.05) is 36.4 Å². The number of carbonyl (C=O) groups is 1. The Bertz CT molecular complexity index is 1010. The molecule has 2 fully saturated rings. The van der Waals surface area contributed by atoms with Crippen molar-refractivity contribution in [1.29, 1.82) is 0 Å². The molecule has 1 aliphatic heterocycles. The lowest BCUT2D eigenvalue weighted by Gasteiger charge is -2.36. The van der Waals surface area contributed by atoms with E-state index in [2.05, 4.69) is 39.3 Å². The van der Waals surface area contributed by atoms with Crippen LogP contribution in [0.4, 0.5) is 0 Å². The molecule has 5 rings (SSSR count). The highest BCUT2D eigenvalue weighted by Gasteiger charge is 2.47. The van der Waals surface area contributed by atoms with Crippen LogP contribution >= 0.6 is 0 Å². The molecule has 1 atom stereocenters. The number of nitrogens with zero attached hydrogens (tertiary/aromatic N) is 3. The highest BCUT2D eigenvalue weighted by atomic mass is 16.5. The van der Waals surface area contributed by atoms with Crippen molar-refractivity contribution in [2.75, 3.05) is 6.54 Å². The van der Waals surface area contributed by atoms with E-state index in [-0.39, 0.29) is 11.5 Å². The highest BCUT2D eigenvalue weighted by molar-refractivity contribution is 5.89. The summed E-state index contributed by atoms with van der Waals surface area (Å²) in [7, 11) is 0.